The van der Waals surface area contributed by atoms with Gasteiger partial charge in [0, 0.05) is 29.3 Å². The number of aliphatic hydroxyl groups is 1. The van der Waals surface area contributed by atoms with Crippen LogP contribution in [0.2, 0.25) is 5.02 Å². The van der Waals surface area contributed by atoms with Crippen LogP contribution in [0.1, 0.15) is 30.8 Å². The van der Waals surface area contributed by atoms with Crippen molar-refractivity contribution < 1.29 is 14.6 Å². The van der Waals surface area contributed by atoms with Crippen molar-refractivity contribution >= 4 is 29.1 Å². The van der Waals surface area contributed by atoms with Gasteiger partial charge in [0.15, 0.2) is 5.82 Å². The molecule has 0 saturated carbocycles. The number of nitrogens with zero attached hydrogens (tertiary/aromatic N) is 3. The zero-order valence-electron chi connectivity index (χ0n) is 17.8. The second-order valence-electron chi connectivity index (χ2n) is 7.37. The second kappa shape index (κ2) is 9.42. The lowest BCUT2D eigenvalue weighted by molar-refractivity contribution is -0.113. The van der Waals surface area contributed by atoms with E-state index >= 15 is 0 Å². The molecular formula is C23H24ClN5O3. The Morgan fingerprint density at radius 3 is 2.75 bits per heavy atom. The van der Waals surface area contributed by atoms with Gasteiger partial charge in [0.25, 0.3) is 5.91 Å². The molecule has 9 heteroatoms. The van der Waals surface area contributed by atoms with E-state index in [1.165, 1.54) is 0 Å². The van der Waals surface area contributed by atoms with Crippen molar-refractivity contribution in [2.24, 2.45) is 0 Å². The van der Waals surface area contributed by atoms with E-state index in [9.17, 15) is 4.79 Å². The van der Waals surface area contributed by atoms with Gasteiger partial charge >= 0.3 is 0 Å². The maximum atomic E-state index is 13.5. The summed E-state index contributed by atoms with van der Waals surface area (Å²) in [4.78, 5) is 18.1. The number of nitrogens with one attached hydrogen (secondary N) is 2. The van der Waals surface area contributed by atoms with Crippen LogP contribution in [0.25, 0.3) is 0 Å². The summed E-state index contributed by atoms with van der Waals surface area (Å²) in [7, 11) is 1.56. The predicted molar refractivity (Wildman–Crippen MR) is 123 cm³/mol. The molecule has 1 aliphatic heterocycles. The number of ether oxygens (including phenoxy) is 1. The van der Waals surface area contributed by atoms with E-state index in [0.29, 0.717) is 52.3 Å². The molecule has 2 heterocycles. The molecule has 0 bridgehead atoms. The number of carbonyl (C=O) groups is 1. The van der Waals surface area contributed by atoms with Gasteiger partial charge in [0.1, 0.15) is 11.8 Å². The van der Waals surface area contributed by atoms with Crippen molar-refractivity contribution in [2.75, 3.05) is 24.4 Å². The largest absolute Gasteiger partial charge is 0.495 e. The molecule has 0 fully saturated rings. The van der Waals surface area contributed by atoms with E-state index in [2.05, 4.69) is 20.7 Å². The smallest absolute Gasteiger partial charge is 0.255 e. The summed E-state index contributed by atoms with van der Waals surface area (Å²) in [5.74, 6) is 1.36. The van der Waals surface area contributed by atoms with E-state index < -0.39 is 6.04 Å². The van der Waals surface area contributed by atoms with Crippen LogP contribution in [0.5, 0.6) is 5.75 Å². The van der Waals surface area contributed by atoms with Crippen LogP contribution in [-0.4, -0.2) is 39.5 Å². The lowest BCUT2D eigenvalue weighted by atomic mass is 9.95. The molecule has 0 saturated heterocycles. The van der Waals surface area contributed by atoms with Gasteiger partial charge in [-0.3, -0.25) is 4.79 Å². The van der Waals surface area contributed by atoms with Crippen LogP contribution < -0.4 is 15.4 Å². The molecule has 8 nitrogen and oxygen atoms in total. The number of aryl methyl sites for hydroxylation is 1. The van der Waals surface area contributed by atoms with Crippen LogP contribution in [-0.2, 0) is 11.2 Å². The molecule has 166 valence electrons. The van der Waals surface area contributed by atoms with Gasteiger partial charge in [-0.1, -0.05) is 41.9 Å². The van der Waals surface area contributed by atoms with Crippen molar-refractivity contribution in [2.45, 2.75) is 25.8 Å². The average molecular weight is 454 g/mol. The first-order chi connectivity index (χ1) is 15.5. The Kier molecular flexibility index (Phi) is 6.43. The van der Waals surface area contributed by atoms with Crippen molar-refractivity contribution in [1.82, 2.24) is 14.8 Å². The summed E-state index contributed by atoms with van der Waals surface area (Å²) < 4.78 is 7.05. The molecule has 1 aromatic heterocycles. The fraction of sp³-hybridized carbons (Fsp3) is 0.261. The number of halogens is 1. The normalized spacial score (nSPS) is 15.2. The lowest BCUT2D eigenvalue weighted by Gasteiger charge is -2.29. The van der Waals surface area contributed by atoms with Crippen LogP contribution >= 0.6 is 11.6 Å². The fourth-order valence-corrected chi connectivity index (χ4v) is 3.99. The summed E-state index contributed by atoms with van der Waals surface area (Å²) in [6.45, 7) is 1.88. The predicted octanol–water partition coefficient (Wildman–Crippen LogP) is 3.79. The number of allylic oxidation sites excluding steroid dienone is 1. The Balaban J connectivity index is 1.78. The van der Waals surface area contributed by atoms with Crippen molar-refractivity contribution in [1.29, 1.82) is 0 Å². The highest BCUT2D eigenvalue weighted by Crippen LogP contribution is 2.39. The first-order valence-electron chi connectivity index (χ1n) is 10.3. The number of para-hydroxylation sites is 2. The number of anilines is 2. The minimum Gasteiger partial charge on any atom is -0.495 e. The molecule has 3 aromatic rings. The van der Waals surface area contributed by atoms with Gasteiger partial charge < -0.3 is 20.5 Å². The number of fused-ring (bicyclic) bond motifs is 1. The molecule has 1 aliphatic rings. The van der Waals surface area contributed by atoms with Gasteiger partial charge in [0.05, 0.1) is 18.4 Å². The number of benzene rings is 2. The van der Waals surface area contributed by atoms with E-state index in [-0.39, 0.29) is 12.5 Å². The third-order valence-corrected chi connectivity index (χ3v) is 5.60. The number of methoxy groups -OCH3 is 1. The Bertz CT molecular complexity index is 1170. The Labute approximate surface area is 190 Å². The number of aromatic nitrogens is 3. The number of aliphatic hydroxyl groups excluding tert-OH is 1. The number of amides is 1. The monoisotopic (exact) mass is 453 g/mol. The Hall–Kier alpha value is -3.36. The maximum Gasteiger partial charge on any atom is 0.255 e. The van der Waals surface area contributed by atoms with Crippen molar-refractivity contribution in [3.05, 3.63) is 76.2 Å². The topological polar surface area (TPSA) is 101 Å². The Morgan fingerprint density at radius 2 is 2.00 bits per heavy atom. The minimum absolute atomic E-state index is 0.0507. The molecule has 0 aliphatic carbocycles. The molecule has 3 N–H and O–H groups in total. The number of rotatable bonds is 7. The molecular weight excluding hydrogens is 430 g/mol. The van der Waals surface area contributed by atoms with E-state index in [1.54, 1.807) is 30.0 Å². The van der Waals surface area contributed by atoms with Crippen molar-refractivity contribution in [3.8, 4) is 5.75 Å². The summed E-state index contributed by atoms with van der Waals surface area (Å²) in [5.41, 5.74) is 2.41. The van der Waals surface area contributed by atoms with Crippen LogP contribution in [0.15, 0.2) is 59.8 Å². The maximum absolute atomic E-state index is 13.5. The zero-order chi connectivity index (χ0) is 22.7. The minimum atomic E-state index is -0.579. The van der Waals surface area contributed by atoms with Crippen LogP contribution in [0.3, 0.4) is 0 Å². The molecule has 4 rings (SSSR count). The van der Waals surface area contributed by atoms with E-state index in [1.807, 2.05) is 37.3 Å². The molecule has 2 aromatic carbocycles. The van der Waals surface area contributed by atoms with Gasteiger partial charge in [-0.25, -0.2) is 4.68 Å². The molecule has 0 spiro atoms. The first-order valence-corrected chi connectivity index (χ1v) is 10.6. The molecule has 0 radical (unpaired) electrons. The highest BCUT2D eigenvalue weighted by atomic mass is 35.5. The third-order valence-electron chi connectivity index (χ3n) is 5.25. The van der Waals surface area contributed by atoms with Gasteiger partial charge in [0.2, 0.25) is 5.95 Å². The quantitative estimate of drug-likeness (QED) is 0.503. The van der Waals surface area contributed by atoms with Gasteiger partial charge in [-0.05, 0) is 31.5 Å². The van der Waals surface area contributed by atoms with Gasteiger partial charge in [-0.2, -0.15) is 10.1 Å². The lowest BCUT2D eigenvalue weighted by Crippen LogP contribution is -2.31. The second-order valence-corrected chi connectivity index (χ2v) is 7.77. The number of carbonyl (C=O) groups excluding carboxylic acids is 1. The first kappa shape index (κ1) is 21.9. The third kappa shape index (κ3) is 4.19. The molecule has 1 atom stereocenters. The fourth-order valence-electron chi connectivity index (χ4n) is 3.75. The van der Waals surface area contributed by atoms with Crippen LogP contribution in [0, 0.1) is 0 Å². The summed E-state index contributed by atoms with van der Waals surface area (Å²) in [6.07, 6.45) is 1.07. The summed E-state index contributed by atoms with van der Waals surface area (Å²) in [5, 5.41) is 20.5. The molecule has 1 amide bonds. The average Bonchev–Trinajstić information content (AvgIpc) is 3.19. The molecule has 1 unspecified atom stereocenters. The number of hydrogen-bond donors (Lipinski definition) is 3. The van der Waals surface area contributed by atoms with Crippen molar-refractivity contribution in [3.63, 3.8) is 0 Å². The van der Waals surface area contributed by atoms with Crippen LogP contribution in [0.4, 0.5) is 11.6 Å². The van der Waals surface area contributed by atoms with Gasteiger partial charge in [-0.15, -0.1) is 0 Å². The zero-order valence-corrected chi connectivity index (χ0v) is 18.6. The van der Waals surface area contributed by atoms with E-state index in [4.69, 9.17) is 21.4 Å². The summed E-state index contributed by atoms with van der Waals surface area (Å²) >= 11 is 6.55. The number of hydrogen-bond acceptors (Lipinski definition) is 6. The van der Waals surface area contributed by atoms with E-state index in [0.717, 1.165) is 5.56 Å². The SMILES string of the molecule is COc1ccccc1NC(=O)C1=C(C)Nc2nc(CCCO)nn2C1c1ccccc1Cl. The highest BCUT2D eigenvalue weighted by molar-refractivity contribution is 6.31. The standard InChI is InChI=1S/C23H24ClN5O3/c1-14-20(22(31)26-17-10-5-6-11-18(17)32-2)21(15-8-3-4-9-16(15)24)29-23(25-14)27-19(28-29)12-7-13-30/h3-6,8-11,21,30H,7,12-13H2,1-2H3,(H,26,31)(H,25,27,28). The summed E-state index contributed by atoms with van der Waals surface area (Å²) in [6, 6.07) is 14.0. The Morgan fingerprint density at radius 1 is 1.25 bits per heavy atom. The molecule has 32 heavy (non-hydrogen) atoms. The highest BCUT2D eigenvalue weighted by Gasteiger charge is 2.35.